The van der Waals surface area contributed by atoms with Crippen molar-refractivity contribution in [2.75, 3.05) is 0 Å². The maximum Gasteiger partial charge on any atom is 0.160 e. The summed E-state index contributed by atoms with van der Waals surface area (Å²) in [5.74, 6) is 0.730. The number of nitrogens with zero attached hydrogens (tertiary/aromatic N) is 3. The summed E-state index contributed by atoms with van der Waals surface area (Å²) in [6, 6.07) is 49.3. The van der Waals surface area contributed by atoms with Crippen molar-refractivity contribution in [3.63, 3.8) is 0 Å². The van der Waals surface area contributed by atoms with Crippen LogP contribution in [0.3, 0.4) is 0 Å². The molecule has 3 nitrogen and oxygen atoms in total. The first-order chi connectivity index (χ1) is 20.8. The van der Waals surface area contributed by atoms with Crippen LogP contribution in [0.15, 0.2) is 140 Å². The summed E-state index contributed by atoms with van der Waals surface area (Å²) in [5.41, 5.74) is 7.44. The lowest BCUT2D eigenvalue weighted by Gasteiger charge is -2.13. The Morgan fingerprint density at radius 3 is 2.02 bits per heavy atom. The third-order valence-electron chi connectivity index (χ3n) is 8.20. The van der Waals surface area contributed by atoms with Gasteiger partial charge in [-0.05, 0) is 36.4 Å². The van der Waals surface area contributed by atoms with E-state index < -0.39 is 0 Å². The summed E-state index contributed by atoms with van der Waals surface area (Å²) in [4.78, 5) is 10.2. The lowest BCUT2D eigenvalue weighted by Crippen LogP contribution is -1.98. The van der Waals surface area contributed by atoms with Gasteiger partial charge in [0.1, 0.15) is 0 Å². The van der Waals surface area contributed by atoms with E-state index in [1.807, 2.05) is 35.6 Å². The smallest absolute Gasteiger partial charge is 0.160 e. The van der Waals surface area contributed by atoms with Crippen molar-refractivity contribution in [3.8, 4) is 28.3 Å². The molecule has 6 aromatic carbocycles. The Balaban J connectivity index is 1.35. The topological polar surface area (TPSA) is 30.7 Å². The van der Waals surface area contributed by atoms with Gasteiger partial charge >= 0.3 is 0 Å². The number of para-hydroxylation sites is 1. The van der Waals surface area contributed by atoms with E-state index >= 15 is 0 Å². The maximum atomic E-state index is 5.12. The molecule has 0 saturated heterocycles. The van der Waals surface area contributed by atoms with Gasteiger partial charge in [-0.2, -0.15) is 0 Å². The lowest BCUT2D eigenvalue weighted by molar-refractivity contribution is 1.17. The molecule has 9 rings (SSSR count). The molecule has 0 radical (unpaired) electrons. The fourth-order valence-electron chi connectivity index (χ4n) is 6.30. The van der Waals surface area contributed by atoms with Gasteiger partial charge in [-0.1, -0.05) is 103 Å². The van der Waals surface area contributed by atoms with Crippen molar-refractivity contribution >= 4 is 64.2 Å². The molecule has 0 bridgehead atoms. The zero-order valence-corrected chi connectivity index (χ0v) is 23.3. The molecule has 0 amide bonds. The van der Waals surface area contributed by atoms with Crippen molar-refractivity contribution in [3.05, 3.63) is 140 Å². The summed E-state index contributed by atoms with van der Waals surface area (Å²) in [5, 5.41) is 6.25. The molecule has 196 valence electrons. The number of fused-ring (bicyclic) bond motifs is 8. The van der Waals surface area contributed by atoms with Crippen molar-refractivity contribution in [1.82, 2.24) is 14.5 Å². The van der Waals surface area contributed by atoms with Crippen LogP contribution in [0, 0.1) is 0 Å². The van der Waals surface area contributed by atoms with Gasteiger partial charge in [0.25, 0.3) is 0 Å². The minimum absolute atomic E-state index is 0.730. The molecule has 3 heterocycles. The van der Waals surface area contributed by atoms with Crippen molar-refractivity contribution in [2.45, 2.75) is 0 Å². The van der Waals surface area contributed by atoms with Gasteiger partial charge in [-0.25, -0.2) is 9.97 Å². The average Bonchev–Trinajstić information content (AvgIpc) is 3.60. The molecule has 0 aliphatic heterocycles. The molecule has 4 heteroatoms. The van der Waals surface area contributed by atoms with E-state index in [0.29, 0.717) is 0 Å². The van der Waals surface area contributed by atoms with Crippen LogP contribution in [0.5, 0.6) is 0 Å². The second-order valence-electron chi connectivity index (χ2n) is 10.6. The van der Waals surface area contributed by atoms with Crippen LogP contribution < -0.4 is 0 Å². The standard InChI is InChI=1S/C38H23N3S/c1-3-11-24(12-4-1)36-29-20-19-26(23-31(29)39-38(40-36)25-13-5-2-6-14-25)41-32-17-9-7-16-30(32)35-33(41)22-21-28-27-15-8-10-18-34(27)42-37(28)35/h1-23H. The number of thiophene rings is 1. The first-order valence-corrected chi connectivity index (χ1v) is 14.9. The number of hydrogen-bond donors (Lipinski definition) is 0. The van der Waals surface area contributed by atoms with E-state index in [4.69, 9.17) is 9.97 Å². The Bertz CT molecular complexity index is 2460. The highest BCUT2D eigenvalue weighted by Gasteiger charge is 2.18. The quantitative estimate of drug-likeness (QED) is 0.218. The second-order valence-corrected chi connectivity index (χ2v) is 11.7. The summed E-state index contributed by atoms with van der Waals surface area (Å²) < 4.78 is 5.05. The predicted molar refractivity (Wildman–Crippen MR) is 178 cm³/mol. The van der Waals surface area contributed by atoms with Gasteiger partial charge < -0.3 is 4.57 Å². The van der Waals surface area contributed by atoms with Crippen LogP contribution in [0.1, 0.15) is 0 Å². The average molecular weight is 554 g/mol. The molecule has 0 aliphatic carbocycles. The molecule has 0 fully saturated rings. The molecule has 0 unspecified atom stereocenters. The van der Waals surface area contributed by atoms with Crippen LogP contribution in [-0.4, -0.2) is 14.5 Å². The van der Waals surface area contributed by atoms with E-state index in [2.05, 4.69) is 120 Å². The molecule has 0 aliphatic rings. The summed E-state index contributed by atoms with van der Waals surface area (Å²) in [7, 11) is 0. The van der Waals surface area contributed by atoms with E-state index in [1.165, 1.54) is 42.0 Å². The first kappa shape index (κ1) is 23.4. The van der Waals surface area contributed by atoms with Gasteiger partial charge in [0.15, 0.2) is 5.82 Å². The third kappa shape index (κ3) is 3.46. The summed E-state index contributed by atoms with van der Waals surface area (Å²) in [6.45, 7) is 0. The normalized spacial score (nSPS) is 11.8. The van der Waals surface area contributed by atoms with Crippen LogP contribution in [0.2, 0.25) is 0 Å². The Kier molecular flexibility index (Phi) is 5.07. The van der Waals surface area contributed by atoms with Gasteiger partial charge in [0, 0.05) is 53.1 Å². The maximum absolute atomic E-state index is 5.12. The van der Waals surface area contributed by atoms with Crippen LogP contribution in [0.25, 0.3) is 81.2 Å². The highest BCUT2D eigenvalue weighted by molar-refractivity contribution is 7.26. The zero-order chi connectivity index (χ0) is 27.6. The molecule has 0 spiro atoms. The largest absolute Gasteiger partial charge is 0.309 e. The van der Waals surface area contributed by atoms with Crippen molar-refractivity contribution < 1.29 is 0 Å². The van der Waals surface area contributed by atoms with Gasteiger partial charge in [-0.15, -0.1) is 11.3 Å². The summed E-state index contributed by atoms with van der Waals surface area (Å²) >= 11 is 1.88. The number of benzene rings is 6. The number of hydrogen-bond acceptors (Lipinski definition) is 3. The van der Waals surface area contributed by atoms with E-state index in [-0.39, 0.29) is 0 Å². The van der Waals surface area contributed by atoms with E-state index in [0.717, 1.165) is 39.2 Å². The fraction of sp³-hybridized carbons (Fsp3) is 0. The molecule has 42 heavy (non-hydrogen) atoms. The number of aromatic nitrogens is 3. The third-order valence-corrected chi connectivity index (χ3v) is 9.40. The Morgan fingerprint density at radius 2 is 1.19 bits per heavy atom. The molecular weight excluding hydrogens is 531 g/mol. The Morgan fingerprint density at radius 1 is 0.500 bits per heavy atom. The monoisotopic (exact) mass is 553 g/mol. The van der Waals surface area contributed by atoms with Crippen LogP contribution >= 0.6 is 11.3 Å². The SMILES string of the molecule is c1ccc(-c2nc(-c3ccccc3)c3ccc(-n4c5ccccc5c5c6sc7ccccc7c6ccc54)cc3n2)cc1. The minimum atomic E-state index is 0.730. The highest BCUT2D eigenvalue weighted by Crippen LogP contribution is 2.43. The molecule has 9 aromatic rings. The van der Waals surface area contributed by atoms with Gasteiger partial charge in [0.2, 0.25) is 0 Å². The fourth-order valence-corrected chi connectivity index (χ4v) is 7.56. The van der Waals surface area contributed by atoms with Gasteiger partial charge in [-0.3, -0.25) is 0 Å². The predicted octanol–water partition coefficient (Wildman–Crippen LogP) is 10.4. The Labute approximate surface area is 246 Å². The highest BCUT2D eigenvalue weighted by atomic mass is 32.1. The van der Waals surface area contributed by atoms with Crippen LogP contribution in [-0.2, 0) is 0 Å². The number of rotatable bonds is 3. The molecule has 0 N–H and O–H groups in total. The van der Waals surface area contributed by atoms with Crippen molar-refractivity contribution in [2.24, 2.45) is 0 Å². The minimum Gasteiger partial charge on any atom is -0.309 e. The molecule has 3 aromatic heterocycles. The first-order valence-electron chi connectivity index (χ1n) is 14.1. The zero-order valence-electron chi connectivity index (χ0n) is 22.5. The lowest BCUT2D eigenvalue weighted by atomic mass is 10.0. The van der Waals surface area contributed by atoms with Gasteiger partial charge in [0.05, 0.1) is 22.2 Å². The Hall–Kier alpha value is -5.32. The molecule has 0 atom stereocenters. The van der Waals surface area contributed by atoms with Crippen molar-refractivity contribution in [1.29, 1.82) is 0 Å². The molecule has 0 saturated carbocycles. The van der Waals surface area contributed by atoms with Crippen LogP contribution in [0.4, 0.5) is 0 Å². The van der Waals surface area contributed by atoms with E-state index in [9.17, 15) is 0 Å². The molecular formula is C38H23N3S. The second kappa shape index (κ2) is 9.10. The summed E-state index contributed by atoms with van der Waals surface area (Å²) in [6.07, 6.45) is 0. The van der Waals surface area contributed by atoms with E-state index in [1.54, 1.807) is 0 Å².